The second-order valence-corrected chi connectivity index (χ2v) is 5.24. The van der Waals surface area contributed by atoms with Gasteiger partial charge in [-0.1, -0.05) is 12.1 Å². The zero-order chi connectivity index (χ0) is 17.3. The summed E-state index contributed by atoms with van der Waals surface area (Å²) in [6.07, 6.45) is 2.92. The summed E-state index contributed by atoms with van der Waals surface area (Å²) >= 11 is 0. The number of benzene rings is 1. The van der Waals surface area contributed by atoms with Crippen LogP contribution in [0.2, 0.25) is 0 Å². The number of carbonyl (C=O) groups excluding carboxylic acids is 1. The van der Waals surface area contributed by atoms with Crippen LogP contribution in [0.25, 0.3) is 16.9 Å². The first-order valence-corrected chi connectivity index (χ1v) is 7.09. The molecular weight excluding hydrogens is 306 g/mol. The molecule has 0 aliphatic heterocycles. The summed E-state index contributed by atoms with van der Waals surface area (Å²) in [4.78, 5) is 28.0. The quantitative estimate of drug-likeness (QED) is 0.760. The van der Waals surface area contributed by atoms with Gasteiger partial charge < -0.3 is 5.73 Å². The number of hydrogen-bond acceptors (Lipinski definition) is 4. The SMILES string of the molecule is Cc1cc(-n2[nH]cc(-c3ccc(C#N)cc3)c2=O)ncc1C(N)=O. The molecule has 0 unspecified atom stereocenters. The second kappa shape index (κ2) is 5.85. The Kier molecular flexibility index (Phi) is 3.72. The van der Waals surface area contributed by atoms with E-state index in [0.717, 1.165) is 0 Å². The second-order valence-electron chi connectivity index (χ2n) is 5.24. The number of hydrogen-bond donors (Lipinski definition) is 2. The maximum absolute atomic E-state index is 12.6. The molecule has 0 atom stereocenters. The molecule has 118 valence electrons. The van der Waals surface area contributed by atoms with Gasteiger partial charge in [-0.15, -0.1) is 0 Å². The highest BCUT2D eigenvalue weighted by Gasteiger charge is 2.13. The summed E-state index contributed by atoms with van der Waals surface area (Å²) in [5.74, 6) is -0.203. The standard InChI is InChI=1S/C17H13N5O2/c1-10-6-15(20-8-13(10)16(19)23)22-17(24)14(9-21-22)12-4-2-11(7-18)3-5-12/h2-6,8-9,21H,1H3,(H2,19,23). The lowest BCUT2D eigenvalue weighted by atomic mass is 10.1. The Balaban J connectivity index is 2.04. The van der Waals surface area contributed by atoms with Gasteiger partial charge in [-0.25, -0.2) is 9.67 Å². The topological polar surface area (TPSA) is 118 Å². The fourth-order valence-electron chi connectivity index (χ4n) is 2.39. The number of nitrogens with one attached hydrogen (secondary N) is 1. The first kappa shape index (κ1) is 15.2. The molecule has 0 radical (unpaired) electrons. The minimum absolute atomic E-state index is 0.279. The van der Waals surface area contributed by atoms with Gasteiger partial charge in [0.15, 0.2) is 5.82 Å². The van der Waals surface area contributed by atoms with Crippen LogP contribution in [0.15, 0.2) is 47.5 Å². The van der Waals surface area contributed by atoms with Crippen molar-refractivity contribution in [3.63, 3.8) is 0 Å². The van der Waals surface area contributed by atoms with Crippen molar-refractivity contribution in [1.29, 1.82) is 5.26 Å². The third-order valence-electron chi connectivity index (χ3n) is 3.69. The van der Waals surface area contributed by atoms with Gasteiger partial charge >= 0.3 is 0 Å². The highest BCUT2D eigenvalue weighted by molar-refractivity contribution is 5.94. The average Bonchev–Trinajstić information content (AvgIpc) is 2.96. The number of aryl methyl sites for hydroxylation is 1. The molecule has 7 heteroatoms. The van der Waals surface area contributed by atoms with E-state index < -0.39 is 5.91 Å². The van der Waals surface area contributed by atoms with Gasteiger partial charge in [0.2, 0.25) is 0 Å². The van der Waals surface area contributed by atoms with Gasteiger partial charge in [-0.2, -0.15) is 5.26 Å². The van der Waals surface area contributed by atoms with Crippen molar-refractivity contribution >= 4 is 5.91 Å². The number of primary amides is 1. The van der Waals surface area contributed by atoms with Gasteiger partial charge in [0, 0.05) is 12.4 Å². The van der Waals surface area contributed by atoms with E-state index in [-0.39, 0.29) is 5.56 Å². The summed E-state index contributed by atoms with van der Waals surface area (Å²) in [6.45, 7) is 1.72. The highest BCUT2D eigenvalue weighted by atomic mass is 16.1. The maximum atomic E-state index is 12.6. The molecule has 2 heterocycles. The molecule has 0 fully saturated rings. The molecule has 0 saturated heterocycles. The van der Waals surface area contributed by atoms with E-state index in [1.165, 1.54) is 10.9 Å². The molecule has 0 bridgehead atoms. The summed E-state index contributed by atoms with van der Waals surface area (Å²) in [5, 5.41) is 11.7. The van der Waals surface area contributed by atoms with Crippen molar-refractivity contribution in [1.82, 2.24) is 14.8 Å². The number of nitrogens with two attached hydrogens (primary N) is 1. The Morgan fingerprint density at radius 2 is 2.04 bits per heavy atom. The minimum atomic E-state index is -0.566. The van der Waals surface area contributed by atoms with Crippen LogP contribution in [0.1, 0.15) is 21.5 Å². The number of nitriles is 1. The van der Waals surface area contributed by atoms with E-state index in [1.54, 1.807) is 43.5 Å². The molecule has 24 heavy (non-hydrogen) atoms. The number of nitrogens with zero attached hydrogens (tertiary/aromatic N) is 3. The number of pyridine rings is 1. The van der Waals surface area contributed by atoms with Gasteiger partial charge in [0.05, 0.1) is 22.8 Å². The predicted molar refractivity (Wildman–Crippen MR) is 87.6 cm³/mol. The first-order chi connectivity index (χ1) is 11.5. The Morgan fingerprint density at radius 1 is 1.33 bits per heavy atom. The monoisotopic (exact) mass is 319 g/mol. The van der Waals surface area contributed by atoms with E-state index in [1.807, 2.05) is 6.07 Å². The largest absolute Gasteiger partial charge is 0.366 e. The number of aromatic nitrogens is 3. The third-order valence-corrected chi connectivity index (χ3v) is 3.69. The van der Waals surface area contributed by atoms with Crippen LogP contribution in [0.3, 0.4) is 0 Å². The molecule has 1 amide bonds. The Hall–Kier alpha value is -3.66. The summed E-state index contributed by atoms with van der Waals surface area (Å²) < 4.78 is 1.28. The van der Waals surface area contributed by atoms with E-state index in [2.05, 4.69) is 10.1 Å². The zero-order valence-electron chi connectivity index (χ0n) is 12.8. The third kappa shape index (κ3) is 2.57. The Morgan fingerprint density at radius 3 is 2.62 bits per heavy atom. The van der Waals surface area contributed by atoms with E-state index in [9.17, 15) is 9.59 Å². The molecule has 0 spiro atoms. The molecule has 1 aromatic carbocycles. The number of carbonyl (C=O) groups is 1. The van der Waals surface area contributed by atoms with Crippen LogP contribution in [0.4, 0.5) is 0 Å². The summed E-state index contributed by atoms with van der Waals surface area (Å²) in [5.41, 5.74) is 7.60. The van der Waals surface area contributed by atoms with E-state index in [4.69, 9.17) is 11.0 Å². The van der Waals surface area contributed by atoms with Crippen molar-refractivity contribution in [3.05, 3.63) is 69.8 Å². The molecule has 0 aliphatic carbocycles. The minimum Gasteiger partial charge on any atom is -0.366 e. The summed E-state index contributed by atoms with van der Waals surface area (Å²) in [7, 11) is 0. The Labute approximate surface area is 137 Å². The van der Waals surface area contributed by atoms with Crippen molar-refractivity contribution in [2.45, 2.75) is 6.92 Å². The molecule has 3 aromatic rings. The highest BCUT2D eigenvalue weighted by Crippen LogP contribution is 2.17. The van der Waals surface area contributed by atoms with Crippen molar-refractivity contribution < 1.29 is 4.79 Å². The normalized spacial score (nSPS) is 10.3. The van der Waals surface area contributed by atoms with Crippen LogP contribution in [0, 0.1) is 18.3 Å². The molecule has 2 aromatic heterocycles. The van der Waals surface area contributed by atoms with Crippen molar-refractivity contribution in [2.24, 2.45) is 5.73 Å². The average molecular weight is 319 g/mol. The molecule has 7 nitrogen and oxygen atoms in total. The van der Waals surface area contributed by atoms with Gasteiger partial charge in [-0.3, -0.25) is 14.7 Å². The lowest BCUT2D eigenvalue weighted by Gasteiger charge is -2.05. The Bertz CT molecular complexity index is 1020. The maximum Gasteiger partial charge on any atom is 0.280 e. The number of H-pyrrole nitrogens is 1. The first-order valence-electron chi connectivity index (χ1n) is 7.09. The van der Waals surface area contributed by atoms with Crippen LogP contribution in [0.5, 0.6) is 0 Å². The van der Waals surface area contributed by atoms with Crippen LogP contribution in [-0.2, 0) is 0 Å². The van der Waals surface area contributed by atoms with Crippen molar-refractivity contribution in [2.75, 3.05) is 0 Å². The number of aromatic amines is 1. The molecule has 0 saturated carbocycles. The zero-order valence-corrected chi connectivity index (χ0v) is 12.8. The lowest BCUT2D eigenvalue weighted by molar-refractivity contribution is 0.0999. The summed E-state index contributed by atoms with van der Waals surface area (Å²) in [6, 6.07) is 10.4. The fourth-order valence-corrected chi connectivity index (χ4v) is 2.39. The van der Waals surface area contributed by atoms with Crippen LogP contribution in [-0.4, -0.2) is 20.7 Å². The van der Waals surface area contributed by atoms with Crippen LogP contribution < -0.4 is 11.3 Å². The van der Waals surface area contributed by atoms with Gasteiger partial charge in [0.25, 0.3) is 11.5 Å². The molecule has 3 N–H and O–H groups in total. The smallest absolute Gasteiger partial charge is 0.280 e. The van der Waals surface area contributed by atoms with Gasteiger partial charge in [0.1, 0.15) is 0 Å². The molecular formula is C17H13N5O2. The predicted octanol–water partition coefficient (Wildman–Crippen LogP) is 1.51. The fraction of sp³-hybridized carbons (Fsp3) is 0.0588. The van der Waals surface area contributed by atoms with Crippen molar-refractivity contribution in [3.8, 4) is 23.0 Å². The number of amides is 1. The number of rotatable bonds is 3. The molecule has 3 rings (SSSR count). The lowest BCUT2D eigenvalue weighted by Crippen LogP contribution is -2.19. The van der Waals surface area contributed by atoms with E-state index in [0.29, 0.717) is 33.6 Å². The van der Waals surface area contributed by atoms with E-state index >= 15 is 0 Å². The van der Waals surface area contributed by atoms with Crippen LogP contribution >= 0.6 is 0 Å². The van der Waals surface area contributed by atoms with Gasteiger partial charge in [-0.05, 0) is 36.2 Å². The molecule has 0 aliphatic rings.